The molecule has 0 saturated heterocycles. The van der Waals surface area contributed by atoms with Crippen LogP contribution in [-0.4, -0.2) is 10.4 Å². The van der Waals surface area contributed by atoms with Crippen molar-refractivity contribution in [1.29, 1.82) is 0 Å². The van der Waals surface area contributed by atoms with Gasteiger partial charge in [0.05, 0.1) is 10.5 Å². The van der Waals surface area contributed by atoms with Crippen molar-refractivity contribution < 1.29 is 4.79 Å². The Bertz CT molecular complexity index is 1140. The van der Waals surface area contributed by atoms with Gasteiger partial charge in [-0.15, -0.1) is 0 Å². The highest BCUT2D eigenvalue weighted by atomic mass is 35.5. The van der Waals surface area contributed by atoms with E-state index in [0.717, 1.165) is 34.1 Å². The Labute approximate surface area is 170 Å². The smallest absolute Gasteiger partial charge is 0.166 e. The topological polar surface area (TPSA) is 22.0 Å². The SMILES string of the molecule is CC(C)C(=O)c1ccccc1-c1cn(Cc2ccccc2)c2cccc(Cl)c12. The first-order valence-electron chi connectivity index (χ1n) is 9.51. The summed E-state index contributed by atoms with van der Waals surface area (Å²) in [5.41, 5.74) is 4.97. The number of nitrogens with zero attached hydrogens (tertiary/aromatic N) is 1. The maximum absolute atomic E-state index is 12.8. The third-order valence-electron chi connectivity index (χ3n) is 5.06. The number of benzene rings is 3. The first kappa shape index (κ1) is 18.5. The highest BCUT2D eigenvalue weighted by Crippen LogP contribution is 2.37. The fourth-order valence-corrected chi connectivity index (χ4v) is 3.94. The summed E-state index contributed by atoms with van der Waals surface area (Å²) >= 11 is 6.62. The maximum atomic E-state index is 12.8. The molecule has 140 valence electrons. The number of hydrogen-bond donors (Lipinski definition) is 0. The number of Topliss-reactive ketones (excluding diaryl/α,β-unsaturated/α-hetero) is 1. The van der Waals surface area contributed by atoms with Gasteiger partial charge >= 0.3 is 0 Å². The molecule has 0 N–H and O–H groups in total. The molecule has 4 aromatic rings. The van der Waals surface area contributed by atoms with E-state index >= 15 is 0 Å². The van der Waals surface area contributed by atoms with Crippen LogP contribution in [0.2, 0.25) is 5.02 Å². The lowest BCUT2D eigenvalue weighted by Crippen LogP contribution is -2.08. The first-order valence-corrected chi connectivity index (χ1v) is 9.89. The third kappa shape index (κ3) is 3.36. The van der Waals surface area contributed by atoms with E-state index in [1.165, 1.54) is 5.56 Å². The summed E-state index contributed by atoms with van der Waals surface area (Å²) in [6.07, 6.45) is 2.12. The summed E-state index contributed by atoms with van der Waals surface area (Å²) in [5, 5.41) is 1.69. The molecule has 2 nitrogen and oxygen atoms in total. The molecule has 3 aromatic carbocycles. The molecule has 28 heavy (non-hydrogen) atoms. The molecule has 0 aliphatic carbocycles. The average Bonchev–Trinajstić information content (AvgIpc) is 3.08. The van der Waals surface area contributed by atoms with Crippen LogP contribution in [0.3, 0.4) is 0 Å². The molecule has 4 rings (SSSR count). The zero-order valence-corrected chi connectivity index (χ0v) is 16.8. The Morgan fingerprint density at radius 3 is 2.36 bits per heavy atom. The molecular formula is C25H22ClNO. The van der Waals surface area contributed by atoms with Gasteiger partial charge in [-0.25, -0.2) is 0 Å². The van der Waals surface area contributed by atoms with Gasteiger partial charge in [-0.3, -0.25) is 4.79 Å². The average molecular weight is 388 g/mol. The van der Waals surface area contributed by atoms with Crippen molar-refractivity contribution in [3.8, 4) is 11.1 Å². The zero-order chi connectivity index (χ0) is 19.7. The van der Waals surface area contributed by atoms with Crippen LogP contribution in [0.15, 0.2) is 79.0 Å². The van der Waals surface area contributed by atoms with E-state index in [2.05, 4.69) is 29.0 Å². The van der Waals surface area contributed by atoms with Crippen molar-refractivity contribution in [3.05, 3.63) is 95.1 Å². The zero-order valence-electron chi connectivity index (χ0n) is 16.0. The van der Waals surface area contributed by atoms with Gasteiger partial charge < -0.3 is 4.57 Å². The van der Waals surface area contributed by atoms with Gasteiger partial charge in [-0.2, -0.15) is 0 Å². The van der Waals surface area contributed by atoms with Crippen molar-refractivity contribution in [1.82, 2.24) is 4.57 Å². The number of fused-ring (bicyclic) bond motifs is 1. The Balaban J connectivity index is 1.93. The van der Waals surface area contributed by atoms with Crippen molar-refractivity contribution in [3.63, 3.8) is 0 Å². The summed E-state index contributed by atoms with van der Waals surface area (Å²) in [6, 6.07) is 24.1. The maximum Gasteiger partial charge on any atom is 0.166 e. The fourth-order valence-electron chi connectivity index (χ4n) is 3.67. The second kappa shape index (κ2) is 7.65. The standard InChI is InChI=1S/C25H22ClNO/c1-17(2)25(28)20-12-7-6-11-19(20)21-16-27(15-18-9-4-3-5-10-18)23-14-8-13-22(26)24(21)23/h3-14,16-17H,15H2,1-2H3. The van der Waals surface area contributed by atoms with Crippen LogP contribution in [0, 0.1) is 5.92 Å². The van der Waals surface area contributed by atoms with Gasteiger partial charge in [0, 0.05) is 35.2 Å². The molecule has 0 fully saturated rings. The van der Waals surface area contributed by atoms with Crippen LogP contribution < -0.4 is 0 Å². The number of carbonyl (C=O) groups is 1. The fraction of sp³-hybridized carbons (Fsp3) is 0.160. The molecule has 0 atom stereocenters. The minimum absolute atomic E-state index is 0.0608. The lowest BCUT2D eigenvalue weighted by Gasteiger charge is -2.10. The van der Waals surface area contributed by atoms with E-state index in [1.807, 2.05) is 68.4 Å². The quantitative estimate of drug-likeness (QED) is 0.343. The Morgan fingerprint density at radius 2 is 1.61 bits per heavy atom. The second-order valence-electron chi connectivity index (χ2n) is 7.35. The van der Waals surface area contributed by atoms with Gasteiger partial charge in [0.1, 0.15) is 0 Å². The predicted octanol–water partition coefficient (Wildman–Crippen LogP) is 6.85. The van der Waals surface area contributed by atoms with Crippen LogP contribution in [0.4, 0.5) is 0 Å². The van der Waals surface area contributed by atoms with Gasteiger partial charge in [0.15, 0.2) is 5.78 Å². The van der Waals surface area contributed by atoms with E-state index in [0.29, 0.717) is 5.02 Å². The van der Waals surface area contributed by atoms with E-state index in [1.54, 1.807) is 0 Å². The summed E-state index contributed by atoms with van der Waals surface area (Å²) in [5.74, 6) is 0.0842. The number of aromatic nitrogens is 1. The highest BCUT2D eigenvalue weighted by molar-refractivity contribution is 6.36. The lowest BCUT2D eigenvalue weighted by atomic mass is 9.92. The number of hydrogen-bond acceptors (Lipinski definition) is 1. The number of carbonyl (C=O) groups excluding carboxylic acids is 1. The summed E-state index contributed by atoms with van der Waals surface area (Å²) in [4.78, 5) is 12.8. The summed E-state index contributed by atoms with van der Waals surface area (Å²) < 4.78 is 2.21. The first-order chi connectivity index (χ1) is 13.6. The van der Waals surface area contributed by atoms with Crippen LogP contribution in [0.1, 0.15) is 29.8 Å². The molecule has 0 unspecified atom stereocenters. The molecule has 0 aliphatic heterocycles. The Morgan fingerprint density at radius 1 is 0.893 bits per heavy atom. The van der Waals surface area contributed by atoms with Crippen LogP contribution in [-0.2, 0) is 6.54 Å². The van der Waals surface area contributed by atoms with E-state index < -0.39 is 0 Å². The van der Waals surface area contributed by atoms with Crippen LogP contribution >= 0.6 is 11.6 Å². The van der Waals surface area contributed by atoms with E-state index in [4.69, 9.17) is 11.6 Å². The largest absolute Gasteiger partial charge is 0.342 e. The Kier molecular flexibility index (Phi) is 5.06. The lowest BCUT2D eigenvalue weighted by molar-refractivity contribution is 0.0940. The summed E-state index contributed by atoms with van der Waals surface area (Å²) in [6.45, 7) is 4.62. The molecule has 1 heterocycles. The number of ketones is 1. The highest BCUT2D eigenvalue weighted by Gasteiger charge is 2.20. The Hall–Kier alpha value is -2.84. The third-order valence-corrected chi connectivity index (χ3v) is 5.37. The normalized spacial score (nSPS) is 11.3. The predicted molar refractivity (Wildman–Crippen MR) is 117 cm³/mol. The minimum atomic E-state index is -0.0608. The van der Waals surface area contributed by atoms with E-state index in [-0.39, 0.29) is 11.7 Å². The van der Waals surface area contributed by atoms with Crippen LogP contribution in [0.25, 0.3) is 22.0 Å². The molecule has 0 bridgehead atoms. The molecule has 0 radical (unpaired) electrons. The van der Waals surface area contributed by atoms with Gasteiger partial charge in [0.25, 0.3) is 0 Å². The van der Waals surface area contributed by atoms with Crippen LogP contribution in [0.5, 0.6) is 0 Å². The number of halogens is 1. The van der Waals surface area contributed by atoms with Gasteiger partial charge in [-0.05, 0) is 23.3 Å². The number of rotatable bonds is 5. The van der Waals surface area contributed by atoms with Crippen molar-refractivity contribution >= 4 is 28.3 Å². The second-order valence-corrected chi connectivity index (χ2v) is 7.76. The van der Waals surface area contributed by atoms with Crippen molar-refractivity contribution in [2.75, 3.05) is 0 Å². The molecule has 0 spiro atoms. The molecule has 0 saturated carbocycles. The molecule has 1 aromatic heterocycles. The monoisotopic (exact) mass is 387 g/mol. The molecule has 0 aliphatic rings. The van der Waals surface area contributed by atoms with Gasteiger partial charge in [-0.1, -0.05) is 86.1 Å². The molecule has 0 amide bonds. The van der Waals surface area contributed by atoms with E-state index in [9.17, 15) is 4.79 Å². The molecular weight excluding hydrogens is 366 g/mol. The molecule has 3 heteroatoms. The van der Waals surface area contributed by atoms with Crippen molar-refractivity contribution in [2.24, 2.45) is 5.92 Å². The van der Waals surface area contributed by atoms with Crippen molar-refractivity contribution in [2.45, 2.75) is 20.4 Å². The minimum Gasteiger partial charge on any atom is -0.342 e. The van der Waals surface area contributed by atoms with Gasteiger partial charge in [0.2, 0.25) is 0 Å². The summed E-state index contributed by atoms with van der Waals surface area (Å²) in [7, 11) is 0.